The maximum absolute atomic E-state index is 12.1. The smallest absolute Gasteiger partial charge is 0.251 e. The van der Waals surface area contributed by atoms with Crippen LogP contribution in [-0.2, 0) is 14.8 Å². The minimum Gasteiger partial charge on any atom is -0.448 e. The van der Waals surface area contributed by atoms with Crippen LogP contribution in [0, 0.1) is 0 Å². The number of nitrogens with one attached hydrogen (secondary N) is 2. The lowest BCUT2D eigenvalue weighted by Gasteiger charge is -2.21. The summed E-state index contributed by atoms with van der Waals surface area (Å²) in [7, 11) is -3.55. The molecule has 1 aromatic heterocycles. The summed E-state index contributed by atoms with van der Waals surface area (Å²) in [5.41, 5.74) is 0.596. The third-order valence-corrected chi connectivity index (χ3v) is 7.45. The first-order valence-electron chi connectivity index (χ1n) is 8.81. The van der Waals surface area contributed by atoms with E-state index < -0.39 is 15.8 Å². The maximum atomic E-state index is 12.1. The molecule has 9 heteroatoms. The Balaban J connectivity index is 1.31. The average molecular weight is 409 g/mol. The summed E-state index contributed by atoms with van der Waals surface area (Å²) < 4.78 is 38.6. The highest BCUT2D eigenvalue weighted by molar-refractivity contribution is 7.91. The summed E-state index contributed by atoms with van der Waals surface area (Å²) >= 11 is 1.13. The molecule has 0 unspecified atom stereocenters. The number of amides is 1. The van der Waals surface area contributed by atoms with Crippen LogP contribution in [-0.4, -0.2) is 26.7 Å². The lowest BCUT2D eigenvalue weighted by molar-refractivity contribution is -0.116. The molecule has 1 fully saturated rings. The zero-order valence-corrected chi connectivity index (χ0v) is 16.2. The van der Waals surface area contributed by atoms with E-state index in [9.17, 15) is 13.2 Å². The second kappa shape index (κ2) is 7.14. The fourth-order valence-electron chi connectivity index (χ4n) is 3.30. The first-order valence-corrected chi connectivity index (χ1v) is 11.2. The standard InChI is InChI=1S/C18H20N2O5S2/c21-16(7-10-19-27(22,23)17-4-3-11-26-17)20-13-5-6-14-15(12-13)25-18(24-14)8-1-2-9-18/h3-6,11-12,19H,1-2,7-10H2,(H,20,21). The van der Waals surface area contributed by atoms with E-state index in [0.29, 0.717) is 17.2 Å². The van der Waals surface area contributed by atoms with Gasteiger partial charge in [-0.3, -0.25) is 4.79 Å². The summed E-state index contributed by atoms with van der Waals surface area (Å²) in [5, 5.41) is 4.46. The molecule has 0 radical (unpaired) electrons. The van der Waals surface area contributed by atoms with Gasteiger partial charge in [0.25, 0.3) is 5.79 Å². The van der Waals surface area contributed by atoms with Crippen LogP contribution in [0.3, 0.4) is 0 Å². The summed E-state index contributed by atoms with van der Waals surface area (Å²) in [5.74, 6) is 0.510. The predicted octanol–water partition coefficient (Wildman–Crippen LogP) is 3.10. The second-order valence-corrected chi connectivity index (χ2v) is 9.55. The van der Waals surface area contributed by atoms with Gasteiger partial charge in [0.1, 0.15) is 4.21 Å². The Bertz CT molecular complexity index is 935. The number of fused-ring (bicyclic) bond motifs is 1. The highest BCUT2D eigenvalue weighted by atomic mass is 32.2. The average Bonchev–Trinajstić information content (AvgIpc) is 3.35. The molecule has 0 saturated heterocycles. The van der Waals surface area contributed by atoms with Crippen molar-refractivity contribution in [3.05, 3.63) is 35.7 Å². The number of rotatable bonds is 6. The normalized spacial score (nSPS) is 17.3. The van der Waals surface area contributed by atoms with Crippen molar-refractivity contribution in [3.8, 4) is 11.5 Å². The fourth-order valence-corrected chi connectivity index (χ4v) is 5.37. The quantitative estimate of drug-likeness (QED) is 0.766. The second-order valence-electron chi connectivity index (χ2n) is 6.61. The van der Waals surface area contributed by atoms with E-state index in [-0.39, 0.29) is 23.1 Å². The molecule has 1 aliphatic carbocycles. The molecule has 0 bridgehead atoms. The van der Waals surface area contributed by atoms with Gasteiger partial charge in [-0.25, -0.2) is 13.1 Å². The zero-order valence-electron chi connectivity index (χ0n) is 14.6. The van der Waals surface area contributed by atoms with E-state index in [0.717, 1.165) is 37.0 Å². The van der Waals surface area contributed by atoms with Crippen molar-refractivity contribution in [1.82, 2.24) is 4.72 Å². The summed E-state index contributed by atoms with van der Waals surface area (Å²) in [6.45, 7) is 0.0275. The van der Waals surface area contributed by atoms with Gasteiger partial charge in [0.15, 0.2) is 11.5 Å². The molecular weight excluding hydrogens is 388 g/mol. The van der Waals surface area contributed by atoms with Gasteiger partial charge < -0.3 is 14.8 Å². The number of carbonyl (C=O) groups is 1. The number of carbonyl (C=O) groups excluding carboxylic acids is 1. The Morgan fingerprint density at radius 2 is 1.93 bits per heavy atom. The van der Waals surface area contributed by atoms with Gasteiger partial charge in [0, 0.05) is 37.6 Å². The van der Waals surface area contributed by atoms with Crippen molar-refractivity contribution in [1.29, 1.82) is 0 Å². The van der Waals surface area contributed by atoms with Crippen LogP contribution in [0.5, 0.6) is 11.5 Å². The first kappa shape index (κ1) is 18.3. The summed E-state index contributed by atoms with van der Waals surface area (Å²) in [4.78, 5) is 12.1. The van der Waals surface area contributed by atoms with Gasteiger partial charge >= 0.3 is 0 Å². The number of ether oxygens (including phenoxy) is 2. The lowest BCUT2D eigenvalue weighted by atomic mass is 10.2. The van der Waals surface area contributed by atoms with Gasteiger partial charge in [0.05, 0.1) is 0 Å². The number of sulfonamides is 1. The van der Waals surface area contributed by atoms with E-state index in [1.165, 1.54) is 6.07 Å². The number of thiophene rings is 1. The summed E-state index contributed by atoms with van der Waals surface area (Å²) in [6, 6.07) is 8.48. The van der Waals surface area contributed by atoms with Crippen LogP contribution in [0.15, 0.2) is 39.9 Å². The first-order chi connectivity index (χ1) is 13.0. The van der Waals surface area contributed by atoms with Gasteiger partial charge in [-0.1, -0.05) is 6.07 Å². The highest BCUT2D eigenvalue weighted by Crippen LogP contribution is 2.47. The Morgan fingerprint density at radius 1 is 1.15 bits per heavy atom. The van der Waals surface area contributed by atoms with Crippen molar-refractivity contribution >= 4 is 33.0 Å². The van der Waals surface area contributed by atoms with E-state index in [1.54, 1.807) is 29.6 Å². The third kappa shape index (κ3) is 3.95. The molecule has 1 aromatic carbocycles. The van der Waals surface area contributed by atoms with Gasteiger partial charge in [-0.15, -0.1) is 11.3 Å². The molecule has 2 aliphatic rings. The fraction of sp³-hybridized carbons (Fsp3) is 0.389. The maximum Gasteiger partial charge on any atom is 0.251 e. The third-order valence-electron chi connectivity index (χ3n) is 4.59. The van der Waals surface area contributed by atoms with Gasteiger partial charge in [-0.2, -0.15) is 0 Å². The molecule has 1 aliphatic heterocycles. The van der Waals surface area contributed by atoms with Crippen LogP contribution in [0.4, 0.5) is 5.69 Å². The van der Waals surface area contributed by atoms with Crippen molar-refractivity contribution in [2.45, 2.75) is 42.1 Å². The minimum absolute atomic E-state index is 0.0275. The van der Waals surface area contributed by atoms with Crippen LogP contribution in [0.1, 0.15) is 32.1 Å². The molecule has 7 nitrogen and oxygen atoms in total. The molecule has 1 spiro atoms. The molecule has 27 heavy (non-hydrogen) atoms. The van der Waals surface area contributed by atoms with Crippen molar-refractivity contribution in [3.63, 3.8) is 0 Å². The molecule has 1 amide bonds. The SMILES string of the molecule is O=C(CCNS(=O)(=O)c1cccs1)Nc1ccc2c(c1)OC1(CCCC1)O2. The highest BCUT2D eigenvalue weighted by Gasteiger charge is 2.44. The number of benzene rings is 1. The van der Waals surface area contributed by atoms with E-state index in [4.69, 9.17) is 9.47 Å². The van der Waals surface area contributed by atoms with E-state index in [2.05, 4.69) is 10.0 Å². The van der Waals surface area contributed by atoms with Crippen LogP contribution in [0.25, 0.3) is 0 Å². The topological polar surface area (TPSA) is 93.7 Å². The molecule has 0 atom stereocenters. The lowest BCUT2D eigenvalue weighted by Crippen LogP contribution is -2.34. The molecule has 144 valence electrons. The number of hydrogen-bond donors (Lipinski definition) is 2. The predicted molar refractivity (Wildman–Crippen MR) is 102 cm³/mol. The van der Waals surface area contributed by atoms with E-state index in [1.807, 2.05) is 0 Å². The Morgan fingerprint density at radius 3 is 2.67 bits per heavy atom. The number of hydrogen-bond acceptors (Lipinski definition) is 6. The van der Waals surface area contributed by atoms with Gasteiger partial charge in [-0.05, 0) is 36.4 Å². The van der Waals surface area contributed by atoms with E-state index >= 15 is 0 Å². The molecular formula is C18H20N2O5S2. The largest absolute Gasteiger partial charge is 0.448 e. The monoisotopic (exact) mass is 408 g/mol. The molecule has 2 N–H and O–H groups in total. The van der Waals surface area contributed by atoms with Crippen LogP contribution in [0.2, 0.25) is 0 Å². The molecule has 2 heterocycles. The Kier molecular flexibility index (Phi) is 4.83. The number of anilines is 1. The van der Waals surface area contributed by atoms with Crippen molar-refractivity contribution in [2.24, 2.45) is 0 Å². The molecule has 1 saturated carbocycles. The summed E-state index contributed by atoms with van der Waals surface area (Å²) in [6.07, 6.45) is 3.93. The van der Waals surface area contributed by atoms with Gasteiger partial charge in [0.2, 0.25) is 15.9 Å². The van der Waals surface area contributed by atoms with Crippen molar-refractivity contribution < 1.29 is 22.7 Å². The zero-order chi connectivity index (χ0) is 18.9. The van der Waals surface area contributed by atoms with Crippen LogP contribution < -0.4 is 19.5 Å². The Hall–Kier alpha value is -2.10. The van der Waals surface area contributed by atoms with Crippen LogP contribution >= 0.6 is 11.3 Å². The Labute approximate surface area is 161 Å². The molecule has 4 rings (SSSR count). The van der Waals surface area contributed by atoms with Crippen molar-refractivity contribution in [2.75, 3.05) is 11.9 Å². The minimum atomic E-state index is -3.55. The molecule has 2 aromatic rings.